The van der Waals surface area contributed by atoms with Crippen LogP contribution in [0.2, 0.25) is 4.34 Å². The molecule has 1 N–H and O–H groups in total. The molecule has 1 fully saturated rings. The van der Waals surface area contributed by atoms with Gasteiger partial charge in [0, 0.05) is 11.9 Å². The largest absolute Gasteiger partial charge is 0.301 e. The molecule has 0 aromatic carbocycles. The van der Waals surface area contributed by atoms with Crippen LogP contribution in [-0.4, -0.2) is 36.2 Å². The SMILES string of the molecule is O=C(Nc1nc(-c2ccc(Cl)s2)cs1)C1CCCN1S(=O)(=O)c1cccs1. The van der Waals surface area contributed by atoms with E-state index in [0.717, 1.165) is 21.9 Å². The topological polar surface area (TPSA) is 79.4 Å². The lowest BCUT2D eigenvalue weighted by atomic mass is 10.2. The molecule has 11 heteroatoms. The second-order valence-electron chi connectivity index (χ2n) is 5.84. The third-order valence-electron chi connectivity index (χ3n) is 4.12. The van der Waals surface area contributed by atoms with Crippen LogP contribution >= 0.6 is 45.6 Å². The minimum absolute atomic E-state index is 0.258. The maximum absolute atomic E-state index is 12.8. The van der Waals surface area contributed by atoms with Crippen molar-refractivity contribution in [2.24, 2.45) is 0 Å². The first-order valence-corrected chi connectivity index (χ1v) is 12.4. The number of hydrogen-bond acceptors (Lipinski definition) is 7. The van der Waals surface area contributed by atoms with Crippen molar-refractivity contribution in [1.82, 2.24) is 9.29 Å². The molecule has 3 aromatic rings. The predicted octanol–water partition coefficient (Wildman–Crippen LogP) is 4.38. The van der Waals surface area contributed by atoms with E-state index in [9.17, 15) is 13.2 Å². The molecule has 1 aliphatic heterocycles. The normalized spacial score (nSPS) is 18.0. The standard InChI is InChI=1S/C16H14ClN3O3S4/c17-13-6-5-12(26-13)10-9-25-16(18-10)19-15(21)11-3-1-7-20(11)27(22,23)14-4-2-8-24-14/h2,4-6,8-9,11H,1,3,7H2,(H,18,19,21). The number of thiophene rings is 2. The van der Waals surface area contributed by atoms with Crippen molar-refractivity contribution in [3.63, 3.8) is 0 Å². The number of amides is 1. The predicted molar refractivity (Wildman–Crippen MR) is 110 cm³/mol. The summed E-state index contributed by atoms with van der Waals surface area (Å²) in [6, 6.07) is 6.20. The molecule has 1 amide bonds. The first-order chi connectivity index (χ1) is 12.9. The van der Waals surface area contributed by atoms with E-state index in [1.807, 2.05) is 11.4 Å². The molecule has 1 aliphatic rings. The zero-order valence-corrected chi connectivity index (χ0v) is 17.8. The number of anilines is 1. The Bertz CT molecular complexity index is 1060. The van der Waals surface area contributed by atoms with Crippen LogP contribution in [0.15, 0.2) is 39.2 Å². The van der Waals surface area contributed by atoms with E-state index < -0.39 is 16.1 Å². The van der Waals surface area contributed by atoms with Crippen LogP contribution in [0.5, 0.6) is 0 Å². The van der Waals surface area contributed by atoms with Gasteiger partial charge in [-0.25, -0.2) is 13.4 Å². The molecule has 0 radical (unpaired) electrons. The van der Waals surface area contributed by atoms with E-state index >= 15 is 0 Å². The quantitative estimate of drug-likeness (QED) is 0.614. The van der Waals surface area contributed by atoms with Crippen LogP contribution in [0, 0.1) is 0 Å². The Morgan fingerprint density at radius 3 is 2.85 bits per heavy atom. The van der Waals surface area contributed by atoms with Gasteiger partial charge in [-0.05, 0) is 36.4 Å². The summed E-state index contributed by atoms with van der Waals surface area (Å²) >= 11 is 9.82. The van der Waals surface area contributed by atoms with E-state index in [-0.39, 0.29) is 10.1 Å². The fourth-order valence-corrected chi connectivity index (χ4v) is 7.47. The van der Waals surface area contributed by atoms with Crippen molar-refractivity contribution in [3.05, 3.63) is 39.4 Å². The summed E-state index contributed by atoms with van der Waals surface area (Å²) < 4.78 is 27.8. The second-order valence-corrected chi connectivity index (χ2v) is 11.5. The third-order valence-corrected chi connectivity index (χ3v) is 9.42. The van der Waals surface area contributed by atoms with E-state index in [4.69, 9.17) is 11.6 Å². The average molecular weight is 460 g/mol. The molecule has 6 nitrogen and oxygen atoms in total. The minimum Gasteiger partial charge on any atom is -0.301 e. The highest BCUT2D eigenvalue weighted by Crippen LogP contribution is 2.33. The van der Waals surface area contributed by atoms with Crippen LogP contribution in [-0.2, 0) is 14.8 Å². The number of nitrogens with zero attached hydrogens (tertiary/aromatic N) is 2. The van der Waals surface area contributed by atoms with Crippen LogP contribution < -0.4 is 5.32 Å². The second kappa shape index (κ2) is 7.61. The number of halogens is 1. The van der Waals surface area contributed by atoms with Gasteiger partial charge in [-0.1, -0.05) is 17.7 Å². The van der Waals surface area contributed by atoms with Gasteiger partial charge in [0.25, 0.3) is 10.0 Å². The smallest absolute Gasteiger partial charge is 0.253 e. The van der Waals surface area contributed by atoms with Crippen molar-refractivity contribution < 1.29 is 13.2 Å². The van der Waals surface area contributed by atoms with Crippen molar-refractivity contribution in [2.75, 3.05) is 11.9 Å². The molecular weight excluding hydrogens is 446 g/mol. The van der Waals surface area contributed by atoms with Gasteiger partial charge in [0.15, 0.2) is 5.13 Å². The van der Waals surface area contributed by atoms with E-state index in [1.165, 1.54) is 27.0 Å². The van der Waals surface area contributed by atoms with Crippen LogP contribution in [0.3, 0.4) is 0 Å². The molecule has 0 saturated carbocycles. The lowest BCUT2D eigenvalue weighted by Crippen LogP contribution is -2.42. The molecule has 4 rings (SSSR count). The zero-order chi connectivity index (χ0) is 19.0. The summed E-state index contributed by atoms with van der Waals surface area (Å²) in [6.45, 7) is 0.342. The van der Waals surface area contributed by atoms with Gasteiger partial charge in [0.1, 0.15) is 10.3 Å². The van der Waals surface area contributed by atoms with Crippen LogP contribution in [0.25, 0.3) is 10.6 Å². The van der Waals surface area contributed by atoms with Crippen LogP contribution in [0.4, 0.5) is 5.13 Å². The zero-order valence-electron chi connectivity index (χ0n) is 13.8. The average Bonchev–Trinajstić information content (AvgIpc) is 3.41. The molecule has 4 heterocycles. The third kappa shape index (κ3) is 3.82. The van der Waals surface area contributed by atoms with E-state index in [1.54, 1.807) is 23.6 Å². The minimum atomic E-state index is -3.66. The maximum Gasteiger partial charge on any atom is 0.253 e. The summed E-state index contributed by atoms with van der Waals surface area (Å²) in [4.78, 5) is 18.1. The van der Waals surface area contributed by atoms with Gasteiger partial charge in [-0.3, -0.25) is 4.79 Å². The molecule has 1 unspecified atom stereocenters. The molecule has 142 valence electrons. The fourth-order valence-electron chi connectivity index (χ4n) is 2.90. The lowest BCUT2D eigenvalue weighted by Gasteiger charge is -2.22. The maximum atomic E-state index is 12.8. The molecule has 0 spiro atoms. The monoisotopic (exact) mass is 459 g/mol. The van der Waals surface area contributed by atoms with Crippen molar-refractivity contribution in [1.29, 1.82) is 0 Å². The molecule has 0 bridgehead atoms. The molecule has 3 aromatic heterocycles. The van der Waals surface area contributed by atoms with E-state index in [0.29, 0.717) is 28.9 Å². The summed E-state index contributed by atoms with van der Waals surface area (Å²) in [7, 11) is -3.66. The molecule has 1 atom stereocenters. The number of rotatable bonds is 5. The molecule has 1 saturated heterocycles. The Hall–Kier alpha value is -1.30. The van der Waals surface area contributed by atoms with Gasteiger partial charge >= 0.3 is 0 Å². The highest BCUT2D eigenvalue weighted by molar-refractivity contribution is 7.91. The van der Waals surface area contributed by atoms with Gasteiger partial charge in [0.05, 0.1) is 14.9 Å². The number of carbonyl (C=O) groups excluding carboxylic acids is 1. The van der Waals surface area contributed by atoms with E-state index in [2.05, 4.69) is 10.3 Å². The highest BCUT2D eigenvalue weighted by atomic mass is 35.5. The fraction of sp³-hybridized carbons (Fsp3) is 0.250. The molecular formula is C16H14ClN3O3S4. The highest BCUT2D eigenvalue weighted by Gasteiger charge is 2.40. The number of carbonyl (C=O) groups is 1. The summed E-state index contributed by atoms with van der Waals surface area (Å²) in [6.07, 6.45) is 1.15. The van der Waals surface area contributed by atoms with Crippen molar-refractivity contribution in [2.45, 2.75) is 23.1 Å². The van der Waals surface area contributed by atoms with Crippen LogP contribution in [0.1, 0.15) is 12.8 Å². The summed E-state index contributed by atoms with van der Waals surface area (Å²) in [5.41, 5.74) is 0.738. The number of hydrogen-bond donors (Lipinski definition) is 1. The number of sulfonamides is 1. The first-order valence-electron chi connectivity index (χ1n) is 8.02. The van der Waals surface area contributed by atoms with Gasteiger partial charge in [-0.15, -0.1) is 34.0 Å². The Morgan fingerprint density at radius 1 is 1.30 bits per heavy atom. The van der Waals surface area contributed by atoms with Crippen molar-refractivity contribution >= 4 is 66.7 Å². The molecule has 0 aliphatic carbocycles. The number of nitrogens with one attached hydrogen (secondary N) is 1. The Balaban J connectivity index is 1.50. The van der Waals surface area contributed by atoms with Gasteiger partial charge < -0.3 is 5.32 Å². The molecule has 27 heavy (non-hydrogen) atoms. The Kier molecular flexibility index (Phi) is 5.36. The summed E-state index contributed by atoms with van der Waals surface area (Å²) in [5.74, 6) is -0.349. The lowest BCUT2D eigenvalue weighted by molar-refractivity contribution is -0.119. The van der Waals surface area contributed by atoms with Gasteiger partial charge in [-0.2, -0.15) is 4.31 Å². The summed E-state index contributed by atoms with van der Waals surface area (Å²) in [5, 5.41) is 6.76. The number of aromatic nitrogens is 1. The van der Waals surface area contributed by atoms with Crippen molar-refractivity contribution in [3.8, 4) is 10.6 Å². The number of thiazole rings is 1. The Morgan fingerprint density at radius 2 is 2.15 bits per heavy atom. The Labute approximate surface area is 173 Å². The first kappa shape index (κ1) is 19.0. The van der Waals surface area contributed by atoms with Gasteiger partial charge in [0.2, 0.25) is 5.91 Å².